The second kappa shape index (κ2) is 5.81. The Labute approximate surface area is 152 Å². The SMILES string of the molecule is CC(C)N1CN=C2NC(c3ccccn3)n3c(nc4ccccc43)N2C1. The smallest absolute Gasteiger partial charge is 0.216 e. The number of rotatable bonds is 2. The van der Waals surface area contributed by atoms with E-state index in [-0.39, 0.29) is 6.17 Å². The van der Waals surface area contributed by atoms with Crippen molar-refractivity contribution in [3.63, 3.8) is 0 Å². The summed E-state index contributed by atoms with van der Waals surface area (Å²) in [4.78, 5) is 18.7. The standard InChI is InChI=1S/C19H21N7/c1-13(2)24-11-21-18-23-17(15-8-5-6-10-20-15)26-16-9-4-3-7-14(16)22-19(26)25(18)12-24/h3-10,13,17H,11-12H2,1-2H3,(H,21,23). The third-order valence-electron chi connectivity index (χ3n) is 5.02. The van der Waals surface area contributed by atoms with E-state index in [2.05, 4.69) is 50.6 Å². The topological polar surface area (TPSA) is 61.6 Å². The van der Waals surface area contributed by atoms with Crippen molar-refractivity contribution in [2.24, 2.45) is 4.99 Å². The van der Waals surface area contributed by atoms with Crippen LogP contribution in [0.1, 0.15) is 25.7 Å². The molecule has 0 saturated heterocycles. The molecular weight excluding hydrogens is 326 g/mol. The summed E-state index contributed by atoms with van der Waals surface area (Å²) >= 11 is 0. The van der Waals surface area contributed by atoms with Crippen molar-refractivity contribution in [3.8, 4) is 0 Å². The Bertz CT molecular complexity index is 976. The molecule has 1 N–H and O–H groups in total. The van der Waals surface area contributed by atoms with Crippen LogP contribution in [0.15, 0.2) is 53.7 Å². The molecule has 7 nitrogen and oxygen atoms in total. The van der Waals surface area contributed by atoms with Crippen molar-refractivity contribution < 1.29 is 0 Å². The molecule has 132 valence electrons. The van der Waals surface area contributed by atoms with Crippen LogP contribution < -0.4 is 10.2 Å². The van der Waals surface area contributed by atoms with Crippen LogP contribution in [-0.4, -0.2) is 44.8 Å². The molecule has 0 amide bonds. The first-order valence-electron chi connectivity index (χ1n) is 8.93. The van der Waals surface area contributed by atoms with E-state index < -0.39 is 0 Å². The second-order valence-corrected chi connectivity index (χ2v) is 6.95. The van der Waals surface area contributed by atoms with Crippen LogP contribution in [0.3, 0.4) is 0 Å². The third-order valence-corrected chi connectivity index (χ3v) is 5.02. The fourth-order valence-electron chi connectivity index (χ4n) is 3.55. The first-order valence-corrected chi connectivity index (χ1v) is 8.93. The van der Waals surface area contributed by atoms with Crippen LogP contribution in [0.2, 0.25) is 0 Å². The molecule has 2 aliphatic heterocycles. The van der Waals surface area contributed by atoms with Gasteiger partial charge in [0.15, 0.2) is 6.17 Å². The van der Waals surface area contributed by atoms with Crippen LogP contribution in [-0.2, 0) is 0 Å². The Hall–Kier alpha value is -2.93. The molecule has 0 radical (unpaired) electrons. The van der Waals surface area contributed by atoms with Gasteiger partial charge in [0.1, 0.15) is 0 Å². The molecule has 4 heterocycles. The fourth-order valence-corrected chi connectivity index (χ4v) is 3.55. The molecule has 0 spiro atoms. The van der Waals surface area contributed by atoms with E-state index >= 15 is 0 Å². The number of pyridine rings is 1. The second-order valence-electron chi connectivity index (χ2n) is 6.95. The molecule has 2 aliphatic rings. The highest BCUT2D eigenvalue weighted by molar-refractivity contribution is 5.98. The minimum atomic E-state index is -0.126. The molecule has 5 rings (SSSR count). The number of hydrogen-bond donors (Lipinski definition) is 1. The van der Waals surface area contributed by atoms with E-state index in [1.54, 1.807) is 0 Å². The molecule has 0 bridgehead atoms. The number of hydrogen-bond acceptors (Lipinski definition) is 6. The summed E-state index contributed by atoms with van der Waals surface area (Å²) in [7, 11) is 0. The van der Waals surface area contributed by atoms with E-state index in [4.69, 9.17) is 9.98 Å². The Balaban J connectivity index is 1.70. The molecule has 1 atom stereocenters. The quantitative estimate of drug-likeness (QED) is 0.771. The van der Waals surface area contributed by atoms with E-state index in [1.807, 2.05) is 36.5 Å². The van der Waals surface area contributed by atoms with Gasteiger partial charge in [-0.1, -0.05) is 18.2 Å². The highest BCUT2D eigenvalue weighted by atomic mass is 15.5. The summed E-state index contributed by atoms with van der Waals surface area (Å²) in [6, 6.07) is 14.6. The summed E-state index contributed by atoms with van der Waals surface area (Å²) in [6.45, 7) is 5.84. The minimum Gasteiger partial charge on any atom is -0.330 e. The molecule has 1 unspecified atom stereocenters. The Kier molecular flexibility index (Phi) is 3.43. The lowest BCUT2D eigenvalue weighted by Crippen LogP contribution is -2.58. The summed E-state index contributed by atoms with van der Waals surface area (Å²) < 4.78 is 2.22. The van der Waals surface area contributed by atoms with Gasteiger partial charge < -0.3 is 5.32 Å². The Morgan fingerprint density at radius 2 is 1.96 bits per heavy atom. The van der Waals surface area contributed by atoms with E-state index in [0.717, 1.165) is 35.3 Å². The highest BCUT2D eigenvalue weighted by Gasteiger charge is 2.36. The number of fused-ring (bicyclic) bond motifs is 5. The zero-order chi connectivity index (χ0) is 17.7. The lowest BCUT2D eigenvalue weighted by atomic mass is 10.2. The van der Waals surface area contributed by atoms with E-state index in [1.165, 1.54) is 0 Å². The number of nitrogens with one attached hydrogen (secondary N) is 1. The van der Waals surface area contributed by atoms with Crippen LogP contribution in [0.4, 0.5) is 5.95 Å². The van der Waals surface area contributed by atoms with Gasteiger partial charge in [0.05, 0.1) is 30.1 Å². The van der Waals surface area contributed by atoms with Gasteiger partial charge in [-0.15, -0.1) is 0 Å². The Morgan fingerprint density at radius 3 is 2.77 bits per heavy atom. The summed E-state index contributed by atoms with van der Waals surface area (Å²) in [5.74, 6) is 1.77. The van der Waals surface area contributed by atoms with Crippen molar-refractivity contribution in [1.82, 2.24) is 24.8 Å². The maximum Gasteiger partial charge on any atom is 0.216 e. The first-order chi connectivity index (χ1) is 12.7. The van der Waals surface area contributed by atoms with Crippen LogP contribution in [0.5, 0.6) is 0 Å². The highest BCUT2D eigenvalue weighted by Crippen LogP contribution is 2.33. The predicted molar refractivity (Wildman–Crippen MR) is 102 cm³/mol. The maximum absolute atomic E-state index is 4.92. The number of nitrogens with zero attached hydrogens (tertiary/aromatic N) is 6. The summed E-state index contributed by atoms with van der Waals surface area (Å²) in [6.07, 6.45) is 1.70. The lowest BCUT2D eigenvalue weighted by molar-refractivity contribution is 0.221. The summed E-state index contributed by atoms with van der Waals surface area (Å²) in [5, 5.41) is 3.58. The largest absolute Gasteiger partial charge is 0.330 e. The van der Waals surface area contributed by atoms with Gasteiger partial charge in [0, 0.05) is 12.2 Å². The number of imidazole rings is 1. The number of para-hydroxylation sites is 2. The molecule has 7 heteroatoms. The number of anilines is 1. The average Bonchev–Trinajstić information content (AvgIpc) is 3.07. The fraction of sp³-hybridized carbons (Fsp3) is 0.316. The predicted octanol–water partition coefficient (Wildman–Crippen LogP) is 2.38. The van der Waals surface area contributed by atoms with Crippen molar-refractivity contribution >= 4 is 22.9 Å². The molecule has 0 saturated carbocycles. The van der Waals surface area contributed by atoms with Crippen LogP contribution in [0.25, 0.3) is 11.0 Å². The van der Waals surface area contributed by atoms with Gasteiger partial charge in [-0.2, -0.15) is 0 Å². The van der Waals surface area contributed by atoms with Crippen LogP contribution >= 0.6 is 0 Å². The zero-order valence-electron chi connectivity index (χ0n) is 14.9. The van der Waals surface area contributed by atoms with Crippen molar-refractivity contribution in [2.45, 2.75) is 26.1 Å². The summed E-state index contributed by atoms with van der Waals surface area (Å²) in [5.41, 5.74) is 3.02. The van der Waals surface area contributed by atoms with E-state index in [0.29, 0.717) is 12.7 Å². The van der Waals surface area contributed by atoms with Gasteiger partial charge in [-0.05, 0) is 38.1 Å². The first kappa shape index (κ1) is 15.3. The van der Waals surface area contributed by atoms with Crippen molar-refractivity contribution in [2.75, 3.05) is 18.2 Å². The normalized spacial score (nSPS) is 19.9. The number of aliphatic imine (C=N–C) groups is 1. The molecule has 26 heavy (non-hydrogen) atoms. The molecule has 0 fully saturated rings. The van der Waals surface area contributed by atoms with Gasteiger partial charge in [-0.3, -0.25) is 19.4 Å². The zero-order valence-corrected chi connectivity index (χ0v) is 14.9. The van der Waals surface area contributed by atoms with Crippen molar-refractivity contribution in [3.05, 3.63) is 54.4 Å². The third kappa shape index (κ3) is 2.28. The van der Waals surface area contributed by atoms with E-state index in [9.17, 15) is 0 Å². The number of benzene rings is 1. The Morgan fingerprint density at radius 1 is 1.12 bits per heavy atom. The minimum absolute atomic E-state index is 0.126. The molecular formula is C19H21N7. The molecule has 1 aromatic carbocycles. The van der Waals surface area contributed by atoms with Gasteiger partial charge in [0.2, 0.25) is 11.9 Å². The molecule has 3 aromatic rings. The van der Waals surface area contributed by atoms with Gasteiger partial charge in [-0.25, -0.2) is 9.98 Å². The maximum atomic E-state index is 4.92. The number of guanidine groups is 1. The average molecular weight is 347 g/mol. The van der Waals surface area contributed by atoms with Crippen molar-refractivity contribution in [1.29, 1.82) is 0 Å². The monoisotopic (exact) mass is 347 g/mol. The molecule has 2 aromatic heterocycles. The number of aromatic nitrogens is 3. The van der Waals surface area contributed by atoms with Gasteiger partial charge in [0.25, 0.3) is 0 Å². The lowest BCUT2D eigenvalue weighted by Gasteiger charge is -2.42. The van der Waals surface area contributed by atoms with Crippen LogP contribution in [0, 0.1) is 0 Å². The van der Waals surface area contributed by atoms with Gasteiger partial charge >= 0.3 is 0 Å². The molecule has 0 aliphatic carbocycles.